The van der Waals surface area contributed by atoms with Crippen LogP contribution in [0.5, 0.6) is 11.5 Å². The summed E-state index contributed by atoms with van der Waals surface area (Å²) in [6.45, 7) is 4.71. The van der Waals surface area contributed by atoms with Gasteiger partial charge in [0.1, 0.15) is 11.5 Å². The van der Waals surface area contributed by atoms with Crippen molar-refractivity contribution in [3.63, 3.8) is 0 Å². The van der Waals surface area contributed by atoms with Crippen LogP contribution in [-0.2, 0) is 5.41 Å². The minimum atomic E-state index is -0.0611. The van der Waals surface area contributed by atoms with Crippen molar-refractivity contribution in [2.75, 3.05) is 0 Å². The van der Waals surface area contributed by atoms with E-state index in [9.17, 15) is 0 Å². The Kier molecular flexibility index (Phi) is 3.40. The van der Waals surface area contributed by atoms with Crippen molar-refractivity contribution in [2.45, 2.75) is 19.3 Å². The minimum Gasteiger partial charge on any atom is -0.456 e. The standard InChI is InChI=1S/C31H22O/c1-31(2)25-14-5-3-10-20(25)22-12-8-13-23(30(22)31)21-18-17-19-9-7-16-27-28(19)29(21)24-11-4-6-15-26(24)32-27/h3-18H,1-2H3. The first-order valence-electron chi connectivity index (χ1n) is 11.2. The molecule has 1 heteroatoms. The van der Waals surface area contributed by atoms with Crippen LogP contribution in [0.15, 0.2) is 97.1 Å². The fourth-order valence-electron chi connectivity index (χ4n) is 5.89. The molecule has 5 aromatic carbocycles. The van der Waals surface area contributed by atoms with Crippen LogP contribution in [0.25, 0.3) is 44.2 Å². The largest absolute Gasteiger partial charge is 0.456 e. The molecular weight excluding hydrogens is 388 g/mol. The van der Waals surface area contributed by atoms with Crippen molar-refractivity contribution >= 4 is 10.8 Å². The summed E-state index contributed by atoms with van der Waals surface area (Å²) in [7, 11) is 0. The lowest BCUT2D eigenvalue weighted by atomic mass is 9.77. The molecule has 0 saturated carbocycles. The molecule has 7 rings (SSSR count). The molecule has 0 atom stereocenters. The lowest BCUT2D eigenvalue weighted by Gasteiger charge is -2.28. The molecule has 5 aromatic rings. The first-order chi connectivity index (χ1) is 15.6. The minimum absolute atomic E-state index is 0.0611. The van der Waals surface area contributed by atoms with Crippen LogP contribution in [0.2, 0.25) is 0 Å². The maximum atomic E-state index is 6.32. The zero-order chi connectivity index (χ0) is 21.4. The second-order valence-corrected chi connectivity index (χ2v) is 9.34. The molecule has 0 radical (unpaired) electrons. The highest BCUT2D eigenvalue weighted by atomic mass is 16.5. The van der Waals surface area contributed by atoms with Crippen LogP contribution in [0, 0.1) is 0 Å². The third-order valence-electron chi connectivity index (χ3n) is 7.25. The van der Waals surface area contributed by atoms with Gasteiger partial charge in [-0.15, -0.1) is 0 Å². The molecule has 1 aliphatic carbocycles. The zero-order valence-electron chi connectivity index (χ0n) is 18.1. The van der Waals surface area contributed by atoms with Crippen LogP contribution < -0.4 is 4.74 Å². The SMILES string of the molecule is CC1(C)c2ccccc2-c2cccc(-c3ccc4cccc5c4c3-c3ccccc3O5)c21. The molecule has 0 amide bonds. The molecule has 2 aliphatic rings. The summed E-state index contributed by atoms with van der Waals surface area (Å²) in [4.78, 5) is 0. The lowest BCUT2D eigenvalue weighted by molar-refractivity contribution is 0.487. The van der Waals surface area contributed by atoms with E-state index in [0.29, 0.717) is 0 Å². The Morgan fingerprint density at radius 1 is 0.531 bits per heavy atom. The zero-order valence-corrected chi connectivity index (χ0v) is 18.1. The van der Waals surface area contributed by atoms with Crippen molar-refractivity contribution < 1.29 is 4.74 Å². The summed E-state index contributed by atoms with van der Waals surface area (Å²) >= 11 is 0. The number of para-hydroxylation sites is 1. The summed E-state index contributed by atoms with van der Waals surface area (Å²) in [6, 6.07) is 34.9. The maximum Gasteiger partial charge on any atom is 0.135 e. The molecule has 0 unspecified atom stereocenters. The van der Waals surface area contributed by atoms with Gasteiger partial charge in [0.25, 0.3) is 0 Å². The monoisotopic (exact) mass is 410 g/mol. The molecule has 0 fully saturated rings. The van der Waals surface area contributed by atoms with Crippen LogP contribution in [-0.4, -0.2) is 0 Å². The lowest BCUT2D eigenvalue weighted by Crippen LogP contribution is -2.16. The van der Waals surface area contributed by atoms with Gasteiger partial charge in [0.05, 0.1) is 0 Å². The second kappa shape index (κ2) is 6.11. The van der Waals surface area contributed by atoms with Crippen LogP contribution in [0.1, 0.15) is 25.0 Å². The van der Waals surface area contributed by atoms with Gasteiger partial charge in [-0.2, -0.15) is 0 Å². The van der Waals surface area contributed by atoms with Crippen LogP contribution in [0.4, 0.5) is 0 Å². The summed E-state index contributed by atoms with van der Waals surface area (Å²) in [6.07, 6.45) is 0. The van der Waals surface area contributed by atoms with E-state index in [1.807, 2.05) is 6.07 Å². The van der Waals surface area contributed by atoms with Gasteiger partial charge in [-0.1, -0.05) is 98.8 Å². The summed E-state index contributed by atoms with van der Waals surface area (Å²) in [5, 5.41) is 2.42. The first kappa shape index (κ1) is 17.8. The highest BCUT2D eigenvalue weighted by Gasteiger charge is 2.38. The third-order valence-corrected chi connectivity index (χ3v) is 7.25. The van der Waals surface area contributed by atoms with E-state index in [4.69, 9.17) is 4.74 Å². The van der Waals surface area contributed by atoms with Crippen molar-refractivity contribution in [2.24, 2.45) is 0 Å². The van der Waals surface area contributed by atoms with Crippen molar-refractivity contribution in [1.29, 1.82) is 0 Å². The van der Waals surface area contributed by atoms with Gasteiger partial charge in [0.15, 0.2) is 0 Å². The molecule has 1 aliphatic heterocycles. The van der Waals surface area contributed by atoms with Gasteiger partial charge in [-0.05, 0) is 50.9 Å². The van der Waals surface area contributed by atoms with E-state index in [2.05, 4.69) is 105 Å². The van der Waals surface area contributed by atoms with E-state index >= 15 is 0 Å². The van der Waals surface area contributed by atoms with Gasteiger partial charge in [-0.3, -0.25) is 0 Å². The number of hydrogen-bond donors (Lipinski definition) is 0. The number of ether oxygens (including phenoxy) is 1. The van der Waals surface area contributed by atoms with E-state index in [-0.39, 0.29) is 5.41 Å². The number of hydrogen-bond acceptors (Lipinski definition) is 1. The van der Waals surface area contributed by atoms with E-state index in [1.54, 1.807) is 0 Å². The Labute approximate surface area is 187 Å². The fourth-order valence-corrected chi connectivity index (χ4v) is 5.89. The predicted octanol–water partition coefficient (Wildman–Crippen LogP) is 8.59. The fraction of sp³-hybridized carbons (Fsp3) is 0.0968. The molecule has 1 nitrogen and oxygen atoms in total. The van der Waals surface area contributed by atoms with Crippen LogP contribution >= 0.6 is 0 Å². The predicted molar refractivity (Wildman–Crippen MR) is 132 cm³/mol. The average molecular weight is 411 g/mol. The quantitative estimate of drug-likeness (QED) is 0.264. The number of fused-ring (bicyclic) bond motifs is 5. The van der Waals surface area contributed by atoms with Crippen molar-refractivity contribution in [3.8, 4) is 44.9 Å². The number of benzene rings is 5. The average Bonchev–Trinajstić information content (AvgIpc) is 3.07. The second-order valence-electron chi connectivity index (χ2n) is 9.34. The van der Waals surface area contributed by atoms with E-state index < -0.39 is 0 Å². The van der Waals surface area contributed by atoms with Gasteiger partial charge in [-0.25, -0.2) is 0 Å². The topological polar surface area (TPSA) is 9.23 Å². The molecule has 0 aromatic heterocycles. The van der Waals surface area contributed by atoms with Gasteiger partial charge in [0, 0.05) is 21.9 Å². The smallest absolute Gasteiger partial charge is 0.135 e. The molecule has 0 N–H and O–H groups in total. The first-order valence-corrected chi connectivity index (χ1v) is 11.2. The van der Waals surface area contributed by atoms with E-state index in [0.717, 1.165) is 17.1 Å². The van der Waals surface area contributed by atoms with E-state index in [1.165, 1.54) is 49.7 Å². The van der Waals surface area contributed by atoms with Gasteiger partial charge < -0.3 is 4.74 Å². The molecule has 0 bridgehead atoms. The summed E-state index contributed by atoms with van der Waals surface area (Å²) < 4.78 is 6.32. The third kappa shape index (κ3) is 2.18. The highest BCUT2D eigenvalue weighted by molar-refractivity contribution is 6.10. The van der Waals surface area contributed by atoms with Crippen molar-refractivity contribution in [1.82, 2.24) is 0 Å². The van der Waals surface area contributed by atoms with Crippen LogP contribution in [0.3, 0.4) is 0 Å². The Balaban J connectivity index is 1.61. The van der Waals surface area contributed by atoms with Gasteiger partial charge in [0.2, 0.25) is 0 Å². The molecular formula is C31H22O. The highest BCUT2D eigenvalue weighted by Crippen LogP contribution is 2.55. The maximum absolute atomic E-state index is 6.32. The molecule has 0 saturated heterocycles. The van der Waals surface area contributed by atoms with Crippen molar-refractivity contribution in [3.05, 3.63) is 108 Å². The Morgan fingerprint density at radius 2 is 1.19 bits per heavy atom. The Morgan fingerprint density at radius 3 is 2.06 bits per heavy atom. The Hall–Kier alpha value is -3.84. The van der Waals surface area contributed by atoms with Gasteiger partial charge >= 0.3 is 0 Å². The molecule has 32 heavy (non-hydrogen) atoms. The molecule has 1 heterocycles. The summed E-state index contributed by atoms with van der Waals surface area (Å²) in [5.41, 5.74) is 10.5. The molecule has 0 spiro atoms. The summed E-state index contributed by atoms with van der Waals surface area (Å²) in [5.74, 6) is 1.86. The number of rotatable bonds is 1. The molecule has 152 valence electrons. The Bertz CT molecular complexity index is 1570. The normalized spacial score (nSPS) is 14.4.